The second-order valence-electron chi connectivity index (χ2n) is 5.38. The van der Waals surface area contributed by atoms with Crippen LogP contribution in [0.2, 0.25) is 0 Å². The molecule has 20 heavy (non-hydrogen) atoms. The number of thioether (sulfide) groups is 1. The first-order valence-corrected chi connectivity index (χ1v) is 7.85. The zero-order valence-corrected chi connectivity index (χ0v) is 12.6. The van der Waals surface area contributed by atoms with Crippen molar-refractivity contribution in [1.29, 1.82) is 0 Å². The minimum atomic E-state index is -0.743. The molecule has 1 heterocycles. The number of rotatable bonds is 4. The van der Waals surface area contributed by atoms with E-state index in [2.05, 4.69) is 16.9 Å². The topological polar surface area (TPSA) is 83.0 Å². The Balaban J connectivity index is 2.18. The maximum atomic E-state index is 11.5. The zero-order valence-electron chi connectivity index (χ0n) is 11.8. The standard InChI is InChI=1S/C14H20N2O3S/c1-3-9-4-5-10(13(18)19)11(7-9)20-14-15-8(2)6-12(17)16-14/h6,9-11H,3-5,7H2,1-2H3,(H,18,19)(H,15,16,17). The molecule has 0 aliphatic heterocycles. The number of hydrogen-bond donors (Lipinski definition) is 2. The van der Waals surface area contributed by atoms with Gasteiger partial charge in [-0.15, -0.1) is 0 Å². The first kappa shape index (κ1) is 15.1. The van der Waals surface area contributed by atoms with Gasteiger partial charge in [-0.05, 0) is 32.1 Å². The van der Waals surface area contributed by atoms with Crippen molar-refractivity contribution in [3.05, 3.63) is 22.1 Å². The van der Waals surface area contributed by atoms with Gasteiger partial charge in [0.25, 0.3) is 5.56 Å². The Morgan fingerprint density at radius 1 is 1.55 bits per heavy atom. The lowest BCUT2D eigenvalue weighted by Crippen LogP contribution is -2.33. The third-order valence-electron chi connectivity index (χ3n) is 3.91. The molecule has 2 N–H and O–H groups in total. The number of nitrogens with one attached hydrogen (secondary N) is 1. The fourth-order valence-electron chi connectivity index (χ4n) is 2.75. The van der Waals surface area contributed by atoms with Crippen LogP contribution in [0.15, 0.2) is 16.0 Å². The van der Waals surface area contributed by atoms with E-state index in [1.165, 1.54) is 17.8 Å². The van der Waals surface area contributed by atoms with Crippen LogP contribution in [0, 0.1) is 18.8 Å². The number of aryl methyl sites for hydroxylation is 1. The van der Waals surface area contributed by atoms with Crippen LogP contribution in [-0.2, 0) is 4.79 Å². The summed E-state index contributed by atoms with van der Waals surface area (Å²) in [4.78, 5) is 29.8. The molecule has 0 saturated heterocycles. The maximum Gasteiger partial charge on any atom is 0.307 e. The summed E-state index contributed by atoms with van der Waals surface area (Å²) in [6.07, 6.45) is 3.63. The Bertz CT molecular complexity index is 543. The predicted octanol–water partition coefficient (Wildman–Crippen LogP) is 2.45. The summed E-state index contributed by atoms with van der Waals surface area (Å²) in [5, 5.41) is 9.86. The van der Waals surface area contributed by atoms with E-state index in [0.717, 1.165) is 19.3 Å². The van der Waals surface area contributed by atoms with Crippen molar-refractivity contribution in [3.63, 3.8) is 0 Å². The van der Waals surface area contributed by atoms with Crippen LogP contribution in [0.4, 0.5) is 0 Å². The molecule has 6 heteroatoms. The molecule has 110 valence electrons. The molecule has 1 fully saturated rings. The Morgan fingerprint density at radius 3 is 2.90 bits per heavy atom. The van der Waals surface area contributed by atoms with Crippen molar-refractivity contribution >= 4 is 17.7 Å². The van der Waals surface area contributed by atoms with Crippen LogP contribution in [0.3, 0.4) is 0 Å². The lowest BCUT2D eigenvalue weighted by Gasteiger charge is -2.32. The summed E-state index contributed by atoms with van der Waals surface area (Å²) in [5.74, 6) is -0.528. The quantitative estimate of drug-likeness (QED) is 0.834. The van der Waals surface area contributed by atoms with Gasteiger partial charge in [0.1, 0.15) is 0 Å². The van der Waals surface area contributed by atoms with Crippen molar-refractivity contribution in [2.24, 2.45) is 11.8 Å². The summed E-state index contributed by atoms with van der Waals surface area (Å²) in [6, 6.07) is 1.44. The van der Waals surface area contributed by atoms with Crippen LogP contribution >= 0.6 is 11.8 Å². The largest absolute Gasteiger partial charge is 0.481 e. The number of carboxylic acid groups (broad SMARTS) is 1. The van der Waals surface area contributed by atoms with Crippen molar-refractivity contribution in [1.82, 2.24) is 9.97 Å². The summed E-state index contributed by atoms with van der Waals surface area (Å²) >= 11 is 1.40. The van der Waals surface area contributed by atoms with Crippen molar-refractivity contribution in [3.8, 4) is 0 Å². The van der Waals surface area contributed by atoms with E-state index >= 15 is 0 Å². The molecular formula is C14H20N2O3S. The summed E-state index contributed by atoms with van der Waals surface area (Å²) in [6.45, 7) is 3.91. The summed E-state index contributed by atoms with van der Waals surface area (Å²) in [7, 11) is 0. The number of aromatic amines is 1. The Kier molecular flexibility index (Phi) is 4.86. The molecule has 3 unspecified atom stereocenters. The molecule has 3 atom stereocenters. The van der Waals surface area contributed by atoms with Crippen LogP contribution in [-0.4, -0.2) is 26.3 Å². The van der Waals surface area contributed by atoms with Crippen molar-refractivity contribution in [2.75, 3.05) is 0 Å². The second kappa shape index (κ2) is 6.43. The van der Waals surface area contributed by atoms with E-state index < -0.39 is 5.97 Å². The highest BCUT2D eigenvalue weighted by Gasteiger charge is 2.35. The predicted molar refractivity (Wildman–Crippen MR) is 78.0 cm³/mol. The van der Waals surface area contributed by atoms with E-state index in [9.17, 15) is 14.7 Å². The highest BCUT2D eigenvalue weighted by molar-refractivity contribution is 7.99. The molecule has 0 bridgehead atoms. The highest BCUT2D eigenvalue weighted by atomic mass is 32.2. The molecule has 5 nitrogen and oxygen atoms in total. The number of nitrogens with zero attached hydrogens (tertiary/aromatic N) is 1. The van der Waals surface area contributed by atoms with Crippen LogP contribution in [0.25, 0.3) is 0 Å². The van der Waals surface area contributed by atoms with E-state index in [0.29, 0.717) is 23.2 Å². The lowest BCUT2D eigenvalue weighted by atomic mass is 9.80. The first-order valence-electron chi connectivity index (χ1n) is 6.97. The van der Waals surface area contributed by atoms with Gasteiger partial charge in [0.2, 0.25) is 0 Å². The van der Waals surface area contributed by atoms with Gasteiger partial charge in [0.05, 0.1) is 5.92 Å². The van der Waals surface area contributed by atoms with Crippen LogP contribution < -0.4 is 5.56 Å². The average Bonchev–Trinajstić information content (AvgIpc) is 2.37. The highest BCUT2D eigenvalue weighted by Crippen LogP contribution is 2.39. The molecule has 0 radical (unpaired) electrons. The number of aliphatic carboxylic acids is 1. The average molecular weight is 296 g/mol. The second-order valence-corrected chi connectivity index (χ2v) is 6.61. The van der Waals surface area contributed by atoms with Crippen LogP contribution in [0.1, 0.15) is 38.3 Å². The normalized spacial score (nSPS) is 26.4. The van der Waals surface area contributed by atoms with Crippen molar-refractivity contribution < 1.29 is 9.90 Å². The molecule has 1 aliphatic carbocycles. The van der Waals surface area contributed by atoms with Gasteiger partial charge >= 0.3 is 5.97 Å². The monoisotopic (exact) mass is 296 g/mol. The van der Waals surface area contributed by atoms with E-state index in [4.69, 9.17) is 0 Å². The molecule has 0 aromatic carbocycles. The summed E-state index contributed by atoms with van der Waals surface area (Å²) in [5.41, 5.74) is 0.473. The number of H-pyrrole nitrogens is 1. The molecular weight excluding hydrogens is 276 g/mol. The van der Waals surface area contributed by atoms with Gasteiger partial charge in [-0.2, -0.15) is 0 Å². The number of aromatic nitrogens is 2. The van der Waals surface area contributed by atoms with E-state index in [1.54, 1.807) is 6.92 Å². The maximum absolute atomic E-state index is 11.5. The number of carboxylic acids is 1. The fraction of sp³-hybridized carbons (Fsp3) is 0.643. The Morgan fingerprint density at radius 2 is 2.30 bits per heavy atom. The van der Waals surface area contributed by atoms with Gasteiger partial charge in [-0.3, -0.25) is 9.59 Å². The van der Waals surface area contributed by atoms with Gasteiger partial charge in [0, 0.05) is 17.0 Å². The molecule has 1 aliphatic rings. The van der Waals surface area contributed by atoms with Gasteiger partial charge < -0.3 is 10.1 Å². The smallest absolute Gasteiger partial charge is 0.307 e. The van der Waals surface area contributed by atoms with Gasteiger partial charge in [-0.1, -0.05) is 25.1 Å². The van der Waals surface area contributed by atoms with Gasteiger partial charge in [0.15, 0.2) is 5.16 Å². The molecule has 1 saturated carbocycles. The van der Waals surface area contributed by atoms with E-state index in [1.807, 2.05) is 0 Å². The van der Waals surface area contributed by atoms with E-state index in [-0.39, 0.29) is 16.7 Å². The van der Waals surface area contributed by atoms with Gasteiger partial charge in [-0.25, -0.2) is 4.98 Å². The molecule has 0 amide bonds. The molecule has 0 spiro atoms. The first-order chi connectivity index (χ1) is 9.49. The SMILES string of the molecule is CCC1CCC(C(=O)O)C(Sc2nc(C)cc(=O)[nH]2)C1. The third-order valence-corrected chi connectivity index (χ3v) is 5.15. The Labute approximate surface area is 122 Å². The number of hydrogen-bond acceptors (Lipinski definition) is 4. The fourth-order valence-corrected chi connectivity index (χ4v) is 4.17. The molecule has 1 aromatic rings. The minimum absolute atomic E-state index is 0.0175. The molecule has 1 aromatic heterocycles. The number of carbonyl (C=O) groups is 1. The lowest BCUT2D eigenvalue weighted by molar-refractivity contribution is -0.142. The molecule has 2 rings (SSSR count). The van der Waals surface area contributed by atoms with Crippen LogP contribution in [0.5, 0.6) is 0 Å². The zero-order chi connectivity index (χ0) is 14.7. The minimum Gasteiger partial charge on any atom is -0.481 e. The van der Waals surface area contributed by atoms with Crippen molar-refractivity contribution in [2.45, 2.75) is 49.9 Å². The Hall–Kier alpha value is -1.30. The third kappa shape index (κ3) is 3.62. The summed E-state index contributed by atoms with van der Waals surface area (Å²) < 4.78 is 0.